The van der Waals surface area contributed by atoms with Crippen molar-refractivity contribution < 1.29 is 23.8 Å². The molecule has 0 saturated carbocycles. The summed E-state index contributed by atoms with van der Waals surface area (Å²) in [6.07, 6.45) is 3.25. The van der Waals surface area contributed by atoms with Gasteiger partial charge in [-0.3, -0.25) is 14.2 Å². The molecular formula is C23H21N5O4S. The average molecular weight is 464 g/mol. The number of nitrogens with zero attached hydrogens (tertiary/aromatic N) is 5. The smallest absolute Gasteiger partial charge is 0.320 e. The first-order valence-electron chi connectivity index (χ1n) is 10.1. The van der Waals surface area contributed by atoms with Crippen molar-refractivity contribution >= 4 is 46.4 Å². The Labute approximate surface area is 194 Å². The Bertz CT molecular complexity index is 1220. The van der Waals surface area contributed by atoms with Crippen molar-refractivity contribution in [2.24, 2.45) is 9.98 Å². The summed E-state index contributed by atoms with van der Waals surface area (Å²) in [6, 6.07) is 16.5. The number of amidine groups is 1. The van der Waals surface area contributed by atoms with Gasteiger partial charge in [0.2, 0.25) is 5.27 Å². The minimum atomic E-state index is -0.421. The molecule has 0 unspecified atom stereocenters. The van der Waals surface area contributed by atoms with Crippen LogP contribution in [-0.2, 0) is 11.3 Å². The second-order valence-corrected chi connectivity index (χ2v) is 7.81. The number of amides is 1. The molecule has 1 amide bonds. The number of rotatable bonds is 7. The topological polar surface area (TPSA) is 107 Å². The minimum absolute atomic E-state index is 0.0158. The van der Waals surface area contributed by atoms with Crippen LogP contribution in [0.25, 0.3) is 6.08 Å². The number of hydrogen-bond donors (Lipinski definition) is 0. The van der Waals surface area contributed by atoms with Crippen LogP contribution in [0.5, 0.6) is 5.75 Å². The Balaban J connectivity index is 1.58. The van der Waals surface area contributed by atoms with Gasteiger partial charge in [-0.2, -0.15) is 0 Å². The number of para-hydroxylation sites is 1. The maximum Gasteiger partial charge on any atom is 0.320 e. The van der Waals surface area contributed by atoms with Gasteiger partial charge in [0.25, 0.3) is 12.1 Å². The van der Waals surface area contributed by atoms with Gasteiger partial charge in [-0.15, -0.1) is 0 Å². The first-order chi connectivity index (χ1) is 16.1. The molecule has 0 fully saturated rings. The zero-order chi connectivity index (χ0) is 23.2. The van der Waals surface area contributed by atoms with E-state index in [0.717, 1.165) is 23.1 Å². The first kappa shape index (κ1) is 22.3. The van der Waals surface area contributed by atoms with E-state index in [0.29, 0.717) is 17.4 Å². The number of carbonyl (C=O) groups is 1. The van der Waals surface area contributed by atoms with Crippen molar-refractivity contribution in [1.82, 2.24) is 5.27 Å². The van der Waals surface area contributed by atoms with Crippen LogP contribution in [-0.4, -0.2) is 35.1 Å². The van der Waals surface area contributed by atoms with Gasteiger partial charge in [-0.1, -0.05) is 46.8 Å². The Morgan fingerprint density at radius 2 is 2.00 bits per heavy atom. The summed E-state index contributed by atoms with van der Waals surface area (Å²) in [5.74, 6) is 0.141. The van der Waals surface area contributed by atoms with E-state index in [2.05, 4.69) is 15.3 Å². The van der Waals surface area contributed by atoms with E-state index in [1.807, 2.05) is 61.5 Å². The summed E-state index contributed by atoms with van der Waals surface area (Å²) in [7, 11) is 1.59. The number of hydrogen-bond acceptors (Lipinski definition) is 8. The van der Waals surface area contributed by atoms with Crippen molar-refractivity contribution in [2.45, 2.75) is 13.5 Å². The molecule has 3 aromatic rings. The fraction of sp³-hybridized carbons (Fsp3) is 0.174. The highest BCUT2D eigenvalue weighted by atomic mass is 32.2. The van der Waals surface area contributed by atoms with Gasteiger partial charge >= 0.3 is 5.88 Å². The molecule has 0 saturated heterocycles. The van der Waals surface area contributed by atoms with Gasteiger partial charge in [-0.05, 0) is 48.7 Å². The van der Waals surface area contributed by atoms with E-state index in [4.69, 9.17) is 9.26 Å². The fourth-order valence-corrected chi connectivity index (χ4v) is 3.80. The lowest BCUT2D eigenvalue weighted by Crippen LogP contribution is -2.32. The van der Waals surface area contributed by atoms with Crippen LogP contribution in [0, 0.1) is 0 Å². The molecule has 0 atom stereocenters. The monoisotopic (exact) mass is 463 g/mol. The molecule has 0 bridgehead atoms. The number of methoxy groups -OCH3 is 1. The standard InChI is InChI=1S/C23H21N5O4S/c1-3-27-14-21(32-26-27)25-20(29)15-33-23-24-19(13-16-9-11-18(31-2)12-10-16)22(30)28(23)17-7-5-4-6-8-17/h4-14H,3,15H2,1-2H3/b19-13+. The molecule has 1 aliphatic heterocycles. The Morgan fingerprint density at radius 1 is 1.24 bits per heavy atom. The van der Waals surface area contributed by atoms with Crippen molar-refractivity contribution in [3.63, 3.8) is 0 Å². The van der Waals surface area contributed by atoms with Gasteiger partial charge in [-0.25, -0.2) is 9.98 Å². The quantitative estimate of drug-likeness (QED) is 0.231. The molecule has 10 heteroatoms. The number of ether oxygens (including phenoxy) is 1. The van der Waals surface area contributed by atoms with Gasteiger partial charge < -0.3 is 9.84 Å². The summed E-state index contributed by atoms with van der Waals surface area (Å²) >= 11 is 1.13. The molecule has 0 N–H and O–H groups in total. The van der Waals surface area contributed by atoms with Crippen LogP contribution in [0.4, 0.5) is 11.6 Å². The summed E-state index contributed by atoms with van der Waals surface area (Å²) < 4.78 is 11.7. The van der Waals surface area contributed by atoms with Crippen LogP contribution in [0.2, 0.25) is 0 Å². The third-order valence-electron chi connectivity index (χ3n) is 4.65. The third kappa shape index (κ3) is 5.29. The highest BCUT2D eigenvalue weighted by Gasteiger charge is 2.31. The van der Waals surface area contributed by atoms with E-state index in [1.165, 1.54) is 9.58 Å². The second-order valence-electron chi connectivity index (χ2n) is 6.86. The Kier molecular flexibility index (Phi) is 6.84. The molecular weight excluding hydrogens is 442 g/mol. The van der Waals surface area contributed by atoms with Crippen LogP contribution in [0.1, 0.15) is 12.5 Å². The number of carbonyl (C=O) groups excluding carboxylic acids is 1. The molecule has 168 valence electrons. The largest absolute Gasteiger partial charge is 0.861 e. The minimum Gasteiger partial charge on any atom is -0.861 e. The second kappa shape index (κ2) is 10.1. The average Bonchev–Trinajstić information content (AvgIpc) is 3.42. The van der Waals surface area contributed by atoms with E-state index in [9.17, 15) is 9.90 Å². The van der Waals surface area contributed by atoms with E-state index in [1.54, 1.807) is 19.4 Å². The van der Waals surface area contributed by atoms with Gasteiger partial charge in [0.05, 0.1) is 12.8 Å². The van der Waals surface area contributed by atoms with Crippen LogP contribution >= 0.6 is 11.8 Å². The van der Waals surface area contributed by atoms with Crippen molar-refractivity contribution in [1.29, 1.82) is 0 Å². The first-order valence-corrected chi connectivity index (χ1v) is 11.1. The number of aromatic nitrogens is 2. The number of anilines is 1. The fourth-order valence-electron chi connectivity index (χ4n) is 3.00. The van der Waals surface area contributed by atoms with Crippen LogP contribution < -0.4 is 19.4 Å². The number of benzene rings is 2. The normalized spacial score (nSPS) is 15.3. The lowest BCUT2D eigenvalue weighted by molar-refractivity contribution is -0.759. The molecule has 1 aliphatic rings. The van der Waals surface area contributed by atoms with E-state index >= 15 is 0 Å². The van der Waals surface area contributed by atoms with Crippen molar-refractivity contribution in [3.8, 4) is 5.75 Å². The maximum atomic E-state index is 13.2. The van der Waals surface area contributed by atoms with Crippen molar-refractivity contribution in [3.05, 3.63) is 72.1 Å². The predicted molar refractivity (Wildman–Crippen MR) is 124 cm³/mol. The predicted octanol–water partition coefficient (Wildman–Crippen LogP) is 2.56. The molecule has 0 radical (unpaired) electrons. The summed E-state index contributed by atoms with van der Waals surface area (Å²) in [5, 5.41) is 16.5. The number of aryl methyl sites for hydroxylation is 1. The zero-order valence-electron chi connectivity index (χ0n) is 18.0. The summed E-state index contributed by atoms with van der Waals surface area (Å²) in [6.45, 7) is 2.50. The third-order valence-corrected chi connectivity index (χ3v) is 5.57. The molecule has 2 aromatic carbocycles. The molecule has 0 aliphatic carbocycles. The van der Waals surface area contributed by atoms with Crippen molar-refractivity contribution in [2.75, 3.05) is 17.8 Å². The van der Waals surface area contributed by atoms with E-state index < -0.39 is 5.90 Å². The van der Waals surface area contributed by atoms with Gasteiger partial charge in [0, 0.05) is 5.75 Å². The van der Waals surface area contributed by atoms with Gasteiger partial charge in [0.15, 0.2) is 11.7 Å². The maximum absolute atomic E-state index is 13.2. The lowest BCUT2D eigenvalue weighted by Gasteiger charge is -2.18. The van der Waals surface area contributed by atoms with Crippen LogP contribution in [0.15, 0.2) is 81.0 Å². The van der Waals surface area contributed by atoms with Crippen LogP contribution in [0.3, 0.4) is 0 Å². The van der Waals surface area contributed by atoms with Gasteiger partial charge in [0.1, 0.15) is 11.4 Å². The number of aliphatic imine (C=N–C) groups is 2. The molecule has 9 nitrogen and oxygen atoms in total. The highest BCUT2D eigenvalue weighted by Crippen LogP contribution is 2.29. The Morgan fingerprint density at radius 3 is 2.67 bits per heavy atom. The lowest BCUT2D eigenvalue weighted by atomic mass is 10.2. The van der Waals surface area contributed by atoms with E-state index in [-0.39, 0.29) is 23.2 Å². The molecule has 1 aromatic heterocycles. The highest BCUT2D eigenvalue weighted by molar-refractivity contribution is 8.14. The molecule has 2 heterocycles. The molecule has 4 rings (SSSR count). The Hall–Kier alpha value is -3.92. The number of thioether (sulfide) groups is 1. The summed E-state index contributed by atoms with van der Waals surface area (Å²) in [4.78, 5) is 23.1. The SMILES string of the molecule is CC[n+]1cc(/N=C(/[O-])CSC2=N/C(=C/c3ccc(OC)cc3)C(=O)N2c2ccccc2)on1. The molecule has 33 heavy (non-hydrogen) atoms. The summed E-state index contributed by atoms with van der Waals surface area (Å²) in [5.41, 5.74) is 1.74. The zero-order valence-corrected chi connectivity index (χ0v) is 18.9. The molecule has 0 spiro atoms.